The molecular formula is C11H22Na3O7P. The number of rotatable bonds is 6. The van der Waals surface area contributed by atoms with Crippen molar-refractivity contribution in [2.45, 2.75) is 44.2 Å². The van der Waals surface area contributed by atoms with Crippen LogP contribution in [0, 0.1) is 11.8 Å². The zero-order valence-corrected chi connectivity index (χ0v) is 11.3. The third-order valence-corrected chi connectivity index (χ3v) is 4.93. The fourth-order valence-electron chi connectivity index (χ4n) is 2.70. The van der Waals surface area contributed by atoms with Crippen molar-refractivity contribution >= 4 is 108 Å². The van der Waals surface area contributed by atoms with Crippen molar-refractivity contribution in [1.82, 2.24) is 0 Å². The predicted octanol–water partition coefficient (Wildman–Crippen LogP) is -0.657. The van der Waals surface area contributed by atoms with Crippen LogP contribution >= 0.6 is 7.60 Å². The summed E-state index contributed by atoms with van der Waals surface area (Å²) in [6.45, 7) is 0. The summed E-state index contributed by atoms with van der Waals surface area (Å²) in [5.41, 5.74) is -2.16. The van der Waals surface area contributed by atoms with Crippen LogP contribution in [0.3, 0.4) is 0 Å². The van der Waals surface area contributed by atoms with Gasteiger partial charge in [0.25, 0.3) is 0 Å². The van der Waals surface area contributed by atoms with Crippen molar-refractivity contribution in [3.05, 3.63) is 0 Å². The molecule has 0 aromatic heterocycles. The van der Waals surface area contributed by atoms with Crippen LogP contribution in [-0.4, -0.2) is 126 Å². The Labute approximate surface area is 196 Å². The second kappa shape index (κ2) is 13.3. The van der Waals surface area contributed by atoms with Crippen LogP contribution < -0.4 is 0 Å². The maximum absolute atomic E-state index is 11.2. The standard InChI is InChI=1S/C11H19O7P.3Na.3H/c12-10(13)8(6-7-4-2-1-3-5-7)9(11(14)15)19(16,17)18;;;;;;/h7-9H,1-6H2,(H,12,13)(H,14,15)(H2,16,17,18);;;;;;. The molecule has 1 aliphatic rings. The third kappa shape index (κ3) is 9.54. The van der Waals surface area contributed by atoms with Crippen molar-refractivity contribution in [3.8, 4) is 0 Å². The fraction of sp³-hybridized carbons (Fsp3) is 0.818. The molecule has 1 aliphatic carbocycles. The molecule has 0 aromatic rings. The molecule has 1 saturated carbocycles. The van der Waals surface area contributed by atoms with Crippen molar-refractivity contribution in [2.75, 3.05) is 0 Å². The topological polar surface area (TPSA) is 132 Å². The molecule has 1 fully saturated rings. The zero-order valence-electron chi connectivity index (χ0n) is 10.4. The van der Waals surface area contributed by atoms with Gasteiger partial charge in [0.05, 0.1) is 5.92 Å². The van der Waals surface area contributed by atoms with Crippen molar-refractivity contribution in [3.63, 3.8) is 0 Å². The first-order chi connectivity index (χ1) is 8.73. The van der Waals surface area contributed by atoms with Gasteiger partial charge in [0.2, 0.25) is 0 Å². The Bertz CT molecular complexity index is 395. The summed E-state index contributed by atoms with van der Waals surface area (Å²) < 4.78 is 11.2. The predicted molar refractivity (Wildman–Crippen MR) is 87.2 cm³/mol. The van der Waals surface area contributed by atoms with Crippen LogP contribution in [0.25, 0.3) is 0 Å². The van der Waals surface area contributed by atoms with E-state index in [1.54, 1.807) is 0 Å². The van der Waals surface area contributed by atoms with Gasteiger partial charge in [0.1, 0.15) is 0 Å². The summed E-state index contributed by atoms with van der Waals surface area (Å²) in [5, 5.41) is 18.0. The molecule has 0 aliphatic heterocycles. The van der Waals surface area contributed by atoms with E-state index in [0.29, 0.717) is 0 Å². The molecule has 7 nitrogen and oxygen atoms in total. The van der Waals surface area contributed by atoms with Crippen molar-refractivity contribution in [2.24, 2.45) is 11.8 Å². The summed E-state index contributed by atoms with van der Waals surface area (Å²) >= 11 is 0. The molecule has 0 amide bonds. The molecule has 0 aromatic carbocycles. The molecule has 0 radical (unpaired) electrons. The molecule has 4 N–H and O–H groups in total. The molecule has 1 rings (SSSR count). The second-order valence-corrected chi connectivity index (χ2v) is 6.79. The molecule has 0 heterocycles. The molecular weight excluding hydrogens is 344 g/mol. The average Bonchev–Trinajstić information content (AvgIpc) is 2.27. The fourth-order valence-corrected chi connectivity index (χ4v) is 3.70. The summed E-state index contributed by atoms with van der Waals surface area (Å²) in [4.78, 5) is 40.3. The molecule has 0 saturated heterocycles. The van der Waals surface area contributed by atoms with Gasteiger partial charge in [-0.2, -0.15) is 0 Å². The summed E-state index contributed by atoms with van der Waals surface area (Å²) in [5.74, 6) is -4.72. The number of carboxylic acid groups (broad SMARTS) is 2. The van der Waals surface area contributed by atoms with Crippen LogP contribution in [0.15, 0.2) is 0 Å². The SMILES string of the molecule is O=C(O)C(CC1CCCCC1)C(C(=O)O)P(=O)(O)O.[NaH].[NaH].[NaH]. The number of aliphatic carboxylic acids is 2. The Morgan fingerprint density at radius 1 is 0.955 bits per heavy atom. The summed E-state index contributed by atoms with van der Waals surface area (Å²) in [7, 11) is -4.99. The van der Waals surface area contributed by atoms with Gasteiger partial charge in [-0.3, -0.25) is 14.2 Å². The molecule has 2 atom stereocenters. The summed E-state index contributed by atoms with van der Waals surface area (Å²) in [6, 6.07) is 0. The summed E-state index contributed by atoms with van der Waals surface area (Å²) in [6.07, 6.45) is 4.55. The van der Waals surface area contributed by atoms with Gasteiger partial charge in [-0.25, -0.2) is 0 Å². The quantitative estimate of drug-likeness (QED) is 0.363. The average molecular weight is 366 g/mol. The van der Waals surface area contributed by atoms with Crippen LogP contribution in [-0.2, 0) is 14.2 Å². The van der Waals surface area contributed by atoms with Crippen LogP contribution in [0.4, 0.5) is 0 Å². The van der Waals surface area contributed by atoms with Gasteiger partial charge < -0.3 is 20.0 Å². The first-order valence-corrected chi connectivity index (χ1v) is 7.92. The molecule has 0 bridgehead atoms. The normalized spacial score (nSPS) is 17.9. The first kappa shape index (κ1) is 28.9. The van der Waals surface area contributed by atoms with E-state index < -0.39 is 31.1 Å². The van der Waals surface area contributed by atoms with Gasteiger partial charge in [-0.1, -0.05) is 32.1 Å². The van der Waals surface area contributed by atoms with Crippen LogP contribution in [0.1, 0.15) is 38.5 Å². The molecule has 11 heteroatoms. The van der Waals surface area contributed by atoms with E-state index in [0.717, 1.165) is 32.1 Å². The van der Waals surface area contributed by atoms with Crippen LogP contribution in [0.5, 0.6) is 0 Å². The van der Waals surface area contributed by atoms with E-state index in [2.05, 4.69) is 0 Å². The Morgan fingerprint density at radius 2 is 1.41 bits per heavy atom. The minimum atomic E-state index is -4.99. The zero-order chi connectivity index (χ0) is 14.6. The Kier molecular flexibility index (Phi) is 17.5. The minimum absolute atomic E-state index is 0. The monoisotopic (exact) mass is 366 g/mol. The van der Waals surface area contributed by atoms with Gasteiger partial charge in [-0.15, -0.1) is 0 Å². The second-order valence-electron chi connectivity index (χ2n) is 5.06. The first-order valence-electron chi connectivity index (χ1n) is 6.24. The Morgan fingerprint density at radius 3 is 1.73 bits per heavy atom. The van der Waals surface area contributed by atoms with E-state index in [1.807, 2.05) is 0 Å². The van der Waals surface area contributed by atoms with Gasteiger partial charge in [-0.05, 0) is 12.3 Å². The van der Waals surface area contributed by atoms with E-state index in [1.165, 1.54) is 0 Å². The Balaban J connectivity index is -0.00000120. The van der Waals surface area contributed by atoms with Gasteiger partial charge in [0, 0.05) is 0 Å². The molecule has 116 valence electrons. The van der Waals surface area contributed by atoms with E-state index in [9.17, 15) is 14.2 Å². The molecule has 2 unspecified atom stereocenters. The maximum atomic E-state index is 11.2. The van der Waals surface area contributed by atoms with E-state index >= 15 is 0 Å². The van der Waals surface area contributed by atoms with E-state index in [-0.39, 0.29) is 101 Å². The van der Waals surface area contributed by atoms with Gasteiger partial charge in [0.15, 0.2) is 5.66 Å². The van der Waals surface area contributed by atoms with Crippen LogP contribution in [0.2, 0.25) is 0 Å². The van der Waals surface area contributed by atoms with Crippen molar-refractivity contribution in [1.29, 1.82) is 0 Å². The van der Waals surface area contributed by atoms with E-state index in [4.69, 9.17) is 20.0 Å². The number of hydrogen-bond acceptors (Lipinski definition) is 3. The molecule has 0 spiro atoms. The third-order valence-electron chi connectivity index (χ3n) is 3.63. The van der Waals surface area contributed by atoms with Crippen molar-refractivity contribution < 1.29 is 34.2 Å². The number of hydrogen-bond donors (Lipinski definition) is 4. The molecule has 22 heavy (non-hydrogen) atoms. The Hall–Kier alpha value is 2.09. The number of carbonyl (C=O) groups is 2. The van der Waals surface area contributed by atoms with Gasteiger partial charge >= 0.3 is 108 Å². The number of carboxylic acids is 2.